The molecule has 0 aliphatic heterocycles. The Balaban J connectivity index is 3.20. The van der Waals surface area contributed by atoms with E-state index in [1.807, 2.05) is 6.92 Å². The predicted octanol–water partition coefficient (Wildman–Crippen LogP) is 3.26. The van der Waals surface area contributed by atoms with E-state index in [2.05, 4.69) is 43.6 Å². The van der Waals surface area contributed by atoms with E-state index in [9.17, 15) is 0 Å². The first kappa shape index (κ1) is 9.72. The predicted molar refractivity (Wildman–Crippen MR) is 58.3 cm³/mol. The molecular formula is C12H15N. The van der Waals surface area contributed by atoms with Crippen molar-refractivity contribution < 1.29 is 0 Å². The van der Waals surface area contributed by atoms with Crippen LogP contribution in [-0.4, -0.2) is 5.71 Å². The van der Waals surface area contributed by atoms with E-state index in [0.29, 0.717) is 0 Å². The Kier molecular flexibility index (Phi) is 3.02. The molecule has 0 N–H and O–H groups in total. The summed E-state index contributed by atoms with van der Waals surface area (Å²) in [6, 6.07) is 6.38. The first-order valence-corrected chi connectivity index (χ1v) is 4.38. The van der Waals surface area contributed by atoms with Gasteiger partial charge in [0.15, 0.2) is 0 Å². The van der Waals surface area contributed by atoms with Gasteiger partial charge in [-0.2, -0.15) is 0 Å². The van der Waals surface area contributed by atoms with Crippen molar-refractivity contribution in [3.63, 3.8) is 0 Å². The number of benzene rings is 1. The monoisotopic (exact) mass is 173 g/mol. The highest BCUT2D eigenvalue weighted by Crippen LogP contribution is 2.11. The van der Waals surface area contributed by atoms with Crippen molar-refractivity contribution in [2.75, 3.05) is 0 Å². The van der Waals surface area contributed by atoms with Gasteiger partial charge < -0.3 is 0 Å². The fourth-order valence-electron chi connectivity index (χ4n) is 1.33. The fourth-order valence-corrected chi connectivity index (χ4v) is 1.33. The van der Waals surface area contributed by atoms with Gasteiger partial charge in [0.1, 0.15) is 0 Å². The van der Waals surface area contributed by atoms with Crippen LogP contribution in [0.15, 0.2) is 36.0 Å². The Bertz CT molecular complexity index is 348. The van der Waals surface area contributed by atoms with E-state index < -0.39 is 0 Å². The second kappa shape index (κ2) is 4.04. The molecule has 1 aromatic carbocycles. The molecule has 0 amide bonds. The quantitative estimate of drug-likeness (QED) is 0.609. The van der Waals surface area contributed by atoms with E-state index in [0.717, 1.165) is 5.71 Å². The minimum atomic E-state index is 1.02. The van der Waals surface area contributed by atoms with Gasteiger partial charge in [-0.15, -0.1) is 0 Å². The van der Waals surface area contributed by atoms with Gasteiger partial charge >= 0.3 is 0 Å². The average molecular weight is 173 g/mol. The van der Waals surface area contributed by atoms with Crippen LogP contribution in [0.5, 0.6) is 0 Å². The van der Waals surface area contributed by atoms with Crippen molar-refractivity contribution >= 4 is 5.71 Å². The number of nitrogens with zero attached hydrogens (tertiary/aromatic N) is 1. The fraction of sp³-hybridized carbons (Fsp3) is 0.250. The zero-order valence-electron chi connectivity index (χ0n) is 8.46. The molecule has 0 aromatic heterocycles. The van der Waals surface area contributed by atoms with Crippen LogP contribution < -0.4 is 0 Å². The van der Waals surface area contributed by atoms with Crippen molar-refractivity contribution in [2.45, 2.75) is 20.8 Å². The first-order valence-electron chi connectivity index (χ1n) is 4.38. The summed E-state index contributed by atoms with van der Waals surface area (Å²) >= 11 is 0. The Hall–Kier alpha value is -1.37. The molecule has 13 heavy (non-hydrogen) atoms. The lowest BCUT2D eigenvalue weighted by molar-refractivity contribution is 1.36. The van der Waals surface area contributed by atoms with Crippen molar-refractivity contribution in [3.8, 4) is 0 Å². The SMILES string of the molecule is C=CN=C(C)c1cc(C)ccc1C. The van der Waals surface area contributed by atoms with E-state index >= 15 is 0 Å². The van der Waals surface area contributed by atoms with Crippen molar-refractivity contribution in [1.29, 1.82) is 0 Å². The Morgan fingerprint density at radius 2 is 2.08 bits per heavy atom. The molecule has 0 saturated heterocycles. The highest BCUT2D eigenvalue weighted by Gasteiger charge is 2.00. The molecule has 68 valence electrons. The molecule has 1 aromatic rings. The summed E-state index contributed by atoms with van der Waals surface area (Å²) in [5.41, 5.74) is 4.75. The summed E-state index contributed by atoms with van der Waals surface area (Å²) in [5, 5.41) is 0. The van der Waals surface area contributed by atoms with Gasteiger partial charge in [0.2, 0.25) is 0 Å². The number of rotatable bonds is 2. The molecule has 0 unspecified atom stereocenters. The maximum Gasteiger partial charge on any atom is 0.0447 e. The summed E-state index contributed by atoms with van der Waals surface area (Å²) in [6.07, 6.45) is 1.58. The molecular weight excluding hydrogens is 158 g/mol. The third-order valence-electron chi connectivity index (χ3n) is 2.07. The van der Waals surface area contributed by atoms with Gasteiger partial charge in [-0.1, -0.05) is 24.3 Å². The van der Waals surface area contributed by atoms with Crippen molar-refractivity contribution in [3.05, 3.63) is 47.7 Å². The summed E-state index contributed by atoms with van der Waals surface area (Å²) in [5.74, 6) is 0. The number of hydrogen-bond donors (Lipinski definition) is 0. The van der Waals surface area contributed by atoms with Gasteiger partial charge in [0.25, 0.3) is 0 Å². The molecule has 0 saturated carbocycles. The highest BCUT2D eigenvalue weighted by molar-refractivity contribution is 6.00. The van der Waals surface area contributed by atoms with Gasteiger partial charge in [0, 0.05) is 11.9 Å². The van der Waals surface area contributed by atoms with Gasteiger partial charge in [-0.05, 0) is 38.0 Å². The molecule has 0 aliphatic rings. The standard InChI is InChI=1S/C12H15N/c1-5-13-11(4)12-8-9(2)6-7-10(12)3/h5-8H,1H2,2-4H3. The molecule has 0 spiro atoms. The van der Waals surface area contributed by atoms with Crippen LogP contribution in [-0.2, 0) is 0 Å². The Morgan fingerprint density at radius 3 is 2.69 bits per heavy atom. The van der Waals surface area contributed by atoms with E-state index in [1.165, 1.54) is 16.7 Å². The largest absolute Gasteiger partial charge is 0.262 e. The highest BCUT2D eigenvalue weighted by atomic mass is 14.7. The van der Waals surface area contributed by atoms with Crippen LogP contribution in [0.25, 0.3) is 0 Å². The zero-order chi connectivity index (χ0) is 9.84. The maximum atomic E-state index is 4.18. The summed E-state index contributed by atoms with van der Waals surface area (Å²) in [6.45, 7) is 9.78. The molecule has 1 heteroatoms. The third kappa shape index (κ3) is 2.28. The summed E-state index contributed by atoms with van der Waals surface area (Å²) < 4.78 is 0. The Labute approximate surface area is 79.8 Å². The first-order chi connectivity index (χ1) is 6.15. The van der Waals surface area contributed by atoms with Crippen LogP contribution in [0.1, 0.15) is 23.6 Å². The lowest BCUT2D eigenvalue weighted by Gasteiger charge is -2.05. The van der Waals surface area contributed by atoms with Gasteiger partial charge in [-0.3, -0.25) is 4.99 Å². The average Bonchev–Trinajstić information content (AvgIpc) is 2.09. The molecule has 0 fully saturated rings. The smallest absolute Gasteiger partial charge is 0.0447 e. The van der Waals surface area contributed by atoms with Crippen LogP contribution in [0.3, 0.4) is 0 Å². The zero-order valence-corrected chi connectivity index (χ0v) is 8.46. The van der Waals surface area contributed by atoms with Crippen molar-refractivity contribution in [1.82, 2.24) is 0 Å². The van der Waals surface area contributed by atoms with Crippen LogP contribution >= 0.6 is 0 Å². The molecule has 0 atom stereocenters. The summed E-state index contributed by atoms with van der Waals surface area (Å²) in [4.78, 5) is 4.18. The van der Waals surface area contributed by atoms with Gasteiger partial charge in [-0.25, -0.2) is 0 Å². The summed E-state index contributed by atoms with van der Waals surface area (Å²) in [7, 11) is 0. The van der Waals surface area contributed by atoms with Gasteiger partial charge in [0.05, 0.1) is 0 Å². The molecule has 1 nitrogen and oxygen atoms in total. The normalized spacial score (nSPS) is 11.5. The minimum Gasteiger partial charge on any atom is -0.262 e. The van der Waals surface area contributed by atoms with E-state index in [4.69, 9.17) is 0 Å². The third-order valence-corrected chi connectivity index (χ3v) is 2.07. The second-order valence-corrected chi connectivity index (χ2v) is 3.22. The van der Waals surface area contributed by atoms with Crippen molar-refractivity contribution in [2.24, 2.45) is 4.99 Å². The van der Waals surface area contributed by atoms with Crippen LogP contribution in [0, 0.1) is 13.8 Å². The van der Waals surface area contributed by atoms with Crippen LogP contribution in [0.2, 0.25) is 0 Å². The minimum absolute atomic E-state index is 1.02. The molecule has 1 rings (SSSR count). The topological polar surface area (TPSA) is 12.4 Å². The van der Waals surface area contributed by atoms with E-state index in [-0.39, 0.29) is 0 Å². The van der Waals surface area contributed by atoms with E-state index in [1.54, 1.807) is 6.20 Å². The number of hydrogen-bond acceptors (Lipinski definition) is 1. The molecule has 0 heterocycles. The second-order valence-electron chi connectivity index (χ2n) is 3.22. The Morgan fingerprint density at radius 1 is 1.38 bits per heavy atom. The molecule has 0 bridgehead atoms. The molecule has 0 aliphatic carbocycles. The lowest BCUT2D eigenvalue weighted by Crippen LogP contribution is -1.97. The number of aryl methyl sites for hydroxylation is 2. The van der Waals surface area contributed by atoms with Crippen LogP contribution in [0.4, 0.5) is 0 Å². The number of aliphatic imine (C=N–C) groups is 1. The molecule has 0 radical (unpaired) electrons. The maximum absolute atomic E-state index is 4.18. The lowest BCUT2D eigenvalue weighted by atomic mass is 10.0.